The van der Waals surface area contributed by atoms with Crippen molar-refractivity contribution in [2.24, 2.45) is 0 Å². The molecule has 76 valence electrons. The van der Waals surface area contributed by atoms with E-state index in [0.29, 0.717) is 6.42 Å². The van der Waals surface area contributed by atoms with Gasteiger partial charge in [-0.1, -0.05) is 12.1 Å². The third-order valence-electron chi connectivity index (χ3n) is 2.74. The number of hydrogen-bond acceptors (Lipinski definition) is 2. The summed E-state index contributed by atoms with van der Waals surface area (Å²) >= 11 is 3.35. The second-order valence-corrected chi connectivity index (χ2v) is 4.90. The molecular weight excluding hydrogens is 244 g/mol. The fraction of sp³-hybridized carbons (Fsp3) is 0.455. The average molecular weight is 257 g/mol. The minimum absolute atomic E-state index is 0.284. The van der Waals surface area contributed by atoms with Crippen LogP contribution in [0.25, 0.3) is 0 Å². The maximum atomic E-state index is 9.76. The molecule has 1 aromatic rings. The van der Waals surface area contributed by atoms with Crippen molar-refractivity contribution < 1.29 is 10.2 Å². The first-order valence-electron chi connectivity index (χ1n) is 4.71. The van der Waals surface area contributed by atoms with E-state index in [1.807, 2.05) is 19.1 Å². The van der Waals surface area contributed by atoms with Crippen LogP contribution in [0.2, 0.25) is 0 Å². The predicted octanol–water partition coefficient (Wildman–Crippen LogP) is 2.53. The van der Waals surface area contributed by atoms with E-state index < -0.39 is 5.60 Å². The highest BCUT2D eigenvalue weighted by atomic mass is 79.9. The van der Waals surface area contributed by atoms with Gasteiger partial charge in [0.15, 0.2) is 0 Å². The summed E-state index contributed by atoms with van der Waals surface area (Å²) in [6.45, 7) is 1.86. The van der Waals surface area contributed by atoms with Crippen molar-refractivity contribution in [2.75, 3.05) is 0 Å². The third-order valence-corrected chi connectivity index (χ3v) is 3.63. The Morgan fingerprint density at radius 1 is 1.43 bits per heavy atom. The Morgan fingerprint density at radius 3 is 2.64 bits per heavy atom. The second kappa shape index (κ2) is 3.24. The fourth-order valence-corrected chi connectivity index (χ4v) is 2.10. The zero-order chi connectivity index (χ0) is 10.3. The lowest BCUT2D eigenvalue weighted by molar-refractivity contribution is 0.150. The number of rotatable bonds is 2. The molecule has 2 nitrogen and oxygen atoms in total. The molecule has 0 atom stereocenters. The Hall–Kier alpha value is -0.540. The Kier molecular flexibility index (Phi) is 2.32. The van der Waals surface area contributed by atoms with Gasteiger partial charge >= 0.3 is 0 Å². The van der Waals surface area contributed by atoms with Crippen molar-refractivity contribution in [3.05, 3.63) is 27.7 Å². The molecule has 1 fully saturated rings. The monoisotopic (exact) mass is 256 g/mol. The van der Waals surface area contributed by atoms with E-state index in [0.717, 1.165) is 28.4 Å². The Morgan fingerprint density at radius 2 is 2.07 bits per heavy atom. The van der Waals surface area contributed by atoms with Crippen LogP contribution >= 0.6 is 15.9 Å². The zero-order valence-electron chi connectivity index (χ0n) is 8.05. The van der Waals surface area contributed by atoms with E-state index in [1.165, 1.54) is 0 Å². The molecule has 1 aliphatic rings. The number of benzene rings is 1. The quantitative estimate of drug-likeness (QED) is 0.854. The molecule has 0 heterocycles. The Labute approximate surface area is 91.7 Å². The SMILES string of the molecule is Cc1ccc(CC2(O)CC2)c(Br)c1O. The second-order valence-electron chi connectivity index (χ2n) is 4.11. The van der Waals surface area contributed by atoms with Gasteiger partial charge in [-0.3, -0.25) is 0 Å². The summed E-state index contributed by atoms with van der Waals surface area (Å²) in [5, 5.41) is 19.4. The highest BCUT2D eigenvalue weighted by Gasteiger charge is 2.40. The first-order chi connectivity index (χ1) is 6.52. The molecule has 14 heavy (non-hydrogen) atoms. The van der Waals surface area contributed by atoms with Gasteiger partial charge in [0.25, 0.3) is 0 Å². The average Bonchev–Trinajstić information content (AvgIpc) is 2.86. The summed E-state index contributed by atoms with van der Waals surface area (Å²) < 4.78 is 0.720. The summed E-state index contributed by atoms with van der Waals surface area (Å²) in [5.74, 6) is 0.284. The van der Waals surface area contributed by atoms with Crippen molar-refractivity contribution in [1.29, 1.82) is 0 Å². The normalized spacial score (nSPS) is 18.2. The van der Waals surface area contributed by atoms with E-state index in [9.17, 15) is 10.2 Å². The van der Waals surface area contributed by atoms with Crippen LogP contribution in [0.1, 0.15) is 24.0 Å². The van der Waals surface area contributed by atoms with E-state index in [1.54, 1.807) is 0 Å². The van der Waals surface area contributed by atoms with E-state index in [2.05, 4.69) is 15.9 Å². The van der Waals surface area contributed by atoms with Crippen molar-refractivity contribution >= 4 is 15.9 Å². The van der Waals surface area contributed by atoms with Crippen LogP contribution in [0.5, 0.6) is 5.75 Å². The van der Waals surface area contributed by atoms with Crippen LogP contribution in [0.3, 0.4) is 0 Å². The molecule has 1 aromatic carbocycles. The largest absolute Gasteiger partial charge is 0.506 e. The summed E-state index contributed by atoms with van der Waals surface area (Å²) in [5.41, 5.74) is 1.32. The predicted molar refractivity (Wildman–Crippen MR) is 58.4 cm³/mol. The number of phenolic OH excluding ortho intramolecular Hbond substituents is 1. The van der Waals surface area contributed by atoms with Crippen molar-refractivity contribution in [2.45, 2.75) is 31.8 Å². The van der Waals surface area contributed by atoms with Crippen molar-refractivity contribution in [3.8, 4) is 5.75 Å². The van der Waals surface area contributed by atoms with E-state index in [4.69, 9.17) is 0 Å². The van der Waals surface area contributed by atoms with E-state index in [-0.39, 0.29) is 5.75 Å². The molecule has 1 aliphatic carbocycles. The molecule has 0 unspecified atom stereocenters. The number of aliphatic hydroxyl groups is 1. The van der Waals surface area contributed by atoms with Crippen LogP contribution in [0.4, 0.5) is 0 Å². The van der Waals surface area contributed by atoms with Gasteiger partial charge in [0.05, 0.1) is 10.1 Å². The Balaban J connectivity index is 2.30. The molecule has 3 heteroatoms. The topological polar surface area (TPSA) is 40.5 Å². The molecule has 0 bridgehead atoms. The first kappa shape index (κ1) is 9.99. The number of phenols is 1. The molecule has 2 N–H and O–H groups in total. The summed E-state index contributed by atoms with van der Waals surface area (Å²) in [7, 11) is 0. The van der Waals surface area contributed by atoms with Crippen LogP contribution in [-0.2, 0) is 6.42 Å². The van der Waals surface area contributed by atoms with Gasteiger partial charge in [-0.15, -0.1) is 0 Å². The highest BCUT2D eigenvalue weighted by Crippen LogP contribution is 2.41. The lowest BCUT2D eigenvalue weighted by Gasteiger charge is -2.11. The van der Waals surface area contributed by atoms with E-state index >= 15 is 0 Å². The first-order valence-corrected chi connectivity index (χ1v) is 5.50. The zero-order valence-corrected chi connectivity index (χ0v) is 9.63. The molecule has 0 aliphatic heterocycles. The van der Waals surface area contributed by atoms with Crippen molar-refractivity contribution in [3.63, 3.8) is 0 Å². The molecule has 0 spiro atoms. The minimum Gasteiger partial charge on any atom is -0.506 e. The lowest BCUT2D eigenvalue weighted by Crippen LogP contribution is -2.11. The molecule has 0 aromatic heterocycles. The van der Waals surface area contributed by atoms with Gasteiger partial charge in [0.1, 0.15) is 5.75 Å². The van der Waals surface area contributed by atoms with Crippen LogP contribution < -0.4 is 0 Å². The molecule has 0 amide bonds. The molecule has 2 rings (SSSR count). The smallest absolute Gasteiger partial charge is 0.132 e. The van der Waals surface area contributed by atoms with Crippen LogP contribution in [0, 0.1) is 6.92 Å². The fourth-order valence-electron chi connectivity index (χ4n) is 1.51. The maximum Gasteiger partial charge on any atom is 0.132 e. The molecular formula is C11H13BrO2. The van der Waals surface area contributed by atoms with Gasteiger partial charge in [-0.05, 0) is 46.8 Å². The minimum atomic E-state index is -0.510. The molecule has 1 saturated carbocycles. The van der Waals surface area contributed by atoms with Crippen LogP contribution in [-0.4, -0.2) is 15.8 Å². The number of aromatic hydroxyl groups is 1. The summed E-state index contributed by atoms with van der Waals surface area (Å²) in [4.78, 5) is 0. The van der Waals surface area contributed by atoms with Gasteiger partial charge in [0.2, 0.25) is 0 Å². The van der Waals surface area contributed by atoms with Gasteiger partial charge in [0, 0.05) is 6.42 Å². The number of aryl methyl sites for hydroxylation is 1. The number of hydrogen-bond donors (Lipinski definition) is 2. The standard InChI is InChI=1S/C11H13BrO2/c1-7-2-3-8(9(12)10(7)13)6-11(14)4-5-11/h2-3,13-14H,4-6H2,1H3. The highest BCUT2D eigenvalue weighted by molar-refractivity contribution is 9.10. The third kappa shape index (κ3) is 1.79. The molecule has 0 radical (unpaired) electrons. The number of halogens is 1. The van der Waals surface area contributed by atoms with Gasteiger partial charge < -0.3 is 10.2 Å². The summed E-state index contributed by atoms with van der Waals surface area (Å²) in [6, 6.07) is 3.83. The maximum absolute atomic E-state index is 9.76. The summed E-state index contributed by atoms with van der Waals surface area (Å²) in [6.07, 6.45) is 2.36. The Bertz CT molecular complexity index is 370. The van der Waals surface area contributed by atoms with Gasteiger partial charge in [-0.2, -0.15) is 0 Å². The van der Waals surface area contributed by atoms with Gasteiger partial charge in [-0.25, -0.2) is 0 Å². The molecule has 0 saturated heterocycles. The van der Waals surface area contributed by atoms with Crippen molar-refractivity contribution in [1.82, 2.24) is 0 Å². The lowest BCUT2D eigenvalue weighted by atomic mass is 10.0. The van der Waals surface area contributed by atoms with Crippen LogP contribution in [0.15, 0.2) is 16.6 Å².